The van der Waals surface area contributed by atoms with Gasteiger partial charge in [-0.3, -0.25) is 9.78 Å². The van der Waals surface area contributed by atoms with Gasteiger partial charge in [0.25, 0.3) is 5.91 Å². The van der Waals surface area contributed by atoms with E-state index in [1.165, 1.54) is 31.2 Å². The zero-order valence-electron chi connectivity index (χ0n) is 15.6. The van der Waals surface area contributed by atoms with Gasteiger partial charge < -0.3 is 5.32 Å². The van der Waals surface area contributed by atoms with Crippen molar-refractivity contribution in [3.8, 4) is 0 Å². The number of aromatic nitrogens is 1. The second-order valence-electron chi connectivity index (χ2n) is 8.14. The van der Waals surface area contributed by atoms with Crippen LogP contribution >= 0.6 is 11.6 Å². The lowest BCUT2D eigenvalue weighted by molar-refractivity contribution is 0.0891. The second kappa shape index (κ2) is 7.19. The zero-order valence-corrected chi connectivity index (χ0v) is 16.4. The van der Waals surface area contributed by atoms with Crippen molar-refractivity contribution in [1.82, 2.24) is 10.3 Å². The molecule has 1 aromatic carbocycles. The van der Waals surface area contributed by atoms with Crippen LogP contribution in [-0.2, 0) is 12.8 Å². The first-order valence-corrected chi connectivity index (χ1v) is 10.3. The van der Waals surface area contributed by atoms with E-state index >= 15 is 0 Å². The quantitative estimate of drug-likeness (QED) is 0.777. The maximum atomic E-state index is 12.8. The third-order valence-corrected chi connectivity index (χ3v) is 6.91. The minimum Gasteiger partial charge on any atom is -0.349 e. The molecule has 2 aliphatic carbocycles. The number of hydrogen-bond donors (Lipinski definition) is 1. The van der Waals surface area contributed by atoms with Crippen LogP contribution in [0.15, 0.2) is 18.2 Å². The van der Waals surface area contributed by atoms with Gasteiger partial charge in [-0.15, -0.1) is 0 Å². The Labute approximate surface area is 160 Å². The maximum absolute atomic E-state index is 12.8. The van der Waals surface area contributed by atoms with Gasteiger partial charge in [-0.05, 0) is 61.6 Å². The Morgan fingerprint density at radius 1 is 1.15 bits per heavy atom. The van der Waals surface area contributed by atoms with Gasteiger partial charge in [-0.1, -0.05) is 44.4 Å². The molecule has 138 valence electrons. The Morgan fingerprint density at radius 3 is 2.81 bits per heavy atom. The molecule has 3 atom stereocenters. The molecule has 1 N–H and O–H groups in total. The van der Waals surface area contributed by atoms with E-state index in [0.717, 1.165) is 40.9 Å². The highest BCUT2D eigenvalue weighted by molar-refractivity contribution is 6.36. The van der Waals surface area contributed by atoms with E-state index in [0.29, 0.717) is 17.4 Å². The number of carbonyl (C=O) groups is 1. The molecule has 0 spiro atoms. The Balaban J connectivity index is 1.61. The SMILES string of the molecule is CC1CCCC(NC(=O)c2ccc3c(Cl)c4c(nc3c2)CCCC4)C1C. The van der Waals surface area contributed by atoms with Gasteiger partial charge in [-0.2, -0.15) is 0 Å². The Bertz CT molecular complexity index is 848. The van der Waals surface area contributed by atoms with Gasteiger partial charge in [0.1, 0.15) is 0 Å². The topological polar surface area (TPSA) is 42.0 Å². The smallest absolute Gasteiger partial charge is 0.251 e. The Hall–Kier alpha value is -1.61. The number of amides is 1. The molecule has 0 aliphatic heterocycles. The predicted octanol–water partition coefficient (Wildman–Crippen LogP) is 5.32. The van der Waals surface area contributed by atoms with Gasteiger partial charge in [0, 0.05) is 22.7 Å². The summed E-state index contributed by atoms with van der Waals surface area (Å²) in [7, 11) is 0. The highest BCUT2D eigenvalue weighted by Crippen LogP contribution is 2.33. The Kier molecular flexibility index (Phi) is 4.92. The second-order valence-corrected chi connectivity index (χ2v) is 8.52. The van der Waals surface area contributed by atoms with E-state index in [1.807, 2.05) is 18.2 Å². The number of hydrogen-bond acceptors (Lipinski definition) is 2. The molecule has 1 amide bonds. The lowest BCUT2D eigenvalue weighted by Gasteiger charge is -2.34. The third-order valence-electron chi connectivity index (χ3n) is 6.48. The lowest BCUT2D eigenvalue weighted by atomic mass is 9.78. The molecule has 0 bridgehead atoms. The molecule has 4 rings (SSSR count). The molecule has 0 radical (unpaired) electrons. The first-order chi connectivity index (χ1) is 12.5. The molecule has 1 aromatic heterocycles. The van der Waals surface area contributed by atoms with Crippen LogP contribution in [0.1, 0.15) is 67.6 Å². The lowest BCUT2D eigenvalue weighted by Crippen LogP contribution is -2.43. The number of nitrogens with zero attached hydrogens (tertiary/aromatic N) is 1. The highest BCUT2D eigenvalue weighted by Gasteiger charge is 2.28. The van der Waals surface area contributed by atoms with E-state index in [9.17, 15) is 4.79 Å². The van der Waals surface area contributed by atoms with Gasteiger partial charge in [0.15, 0.2) is 0 Å². The van der Waals surface area contributed by atoms with Crippen molar-refractivity contribution >= 4 is 28.4 Å². The van der Waals surface area contributed by atoms with Crippen molar-refractivity contribution in [3.63, 3.8) is 0 Å². The molecule has 1 heterocycles. The summed E-state index contributed by atoms with van der Waals surface area (Å²) in [5, 5.41) is 5.04. The summed E-state index contributed by atoms with van der Waals surface area (Å²) in [6.45, 7) is 4.54. The number of benzene rings is 1. The monoisotopic (exact) mass is 370 g/mol. The number of nitrogens with one attached hydrogen (secondary N) is 1. The van der Waals surface area contributed by atoms with Crippen LogP contribution in [0.3, 0.4) is 0 Å². The fourth-order valence-corrected chi connectivity index (χ4v) is 4.91. The number of rotatable bonds is 2. The predicted molar refractivity (Wildman–Crippen MR) is 107 cm³/mol. The molecule has 2 aromatic rings. The van der Waals surface area contributed by atoms with Crippen LogP contribution in [0.2, 0.25) is 5.02 Å². The third kappa shape index (κ3) is 3.22. The standard InChI is InChI=1S/C22H27ClN2O/c1-13-6-5-9-18(14(13)2)25-22(26)15-10-11-17-20(12-15)24-19-8-4-3-7-16(19)21(17)23/h10-14,18H,3-9H2,1-2H3,(H,25,26). The number of pyridine rings is 1. The van der Waals surface area contributed by atoms with E-state index in [2.05, 4.69) is 19.2 Å². The van der Waals surface area contributed by atoms with Crippen LogP contribution < -0.4 is 5.32 Å². The molecular weight excluding hydrogens is 344 g/mol. The van der Waals surface area contributed by atoms with Crippen molar-refractivity contribution in [3.05, 3.63) is 40.0 Å². The van der Waals surface area contributed by atoms with Crippen LogP contribution in [0.4, 0.5) is 0 Å². The highest BCUT2D eigenvalue weighted by atomic mass is 35.5. The molecule has 1 saturated carbocycles. The largest absolute Gasteiger partial charge is 0.349 e. The number of carbonyl (C=O) groups excluding carboxylic acids is 1. The summed E-state index contributed by atoms with van der Waals surface area (Å²) >= 11 is 6.64. The zero-order chi connectivity index (χ0) is 18.3. The minimum atomic E-state index is 0.00786. The summed E-state index contributed by atoms with van der Waals surface area (Å²) in [6.07, 6.45) is 7.87. The number of halogens is 1. The average molecular weight is 371 g/mol. The fourth-order valence-electron chi connectivity index (χ4n) is 4.55. The normalized spacial score (nSPS) is 25.7. The first kappa shape index (κ1) is 17.8. The number of fused-ring (bicyclic) bond motifs is 2. The van der Waals surface area contributed by atoms with E-state index in [1.54, 1.807) is 0 Å². The van der Waals surface area contributed by atoms with E-state index in [4.69, 9.17) is 16.6 Å². The molecule has 3 nitrogen and oxygen atoms in total. The van der Waals surface area contributed by atoms with Crippen LogP contribution in [0.25, 0.3) is 10.9 Å². The summed E-state index contributed by atoms with van der Waals surface area (Å²) in [6, 6.07) is 6.02. The van der Waals surface area contributed by atoms with Gasteiger partial charge in [0.2, 0.25) is 0 Å². The fraction of sp³-hybridized carbons (Fsp3) is 0.545. The van der Waals surface area contributed by atoms with E-state index in [-0.39, 0.29) is 11.9 Å². The van der Waals surface area contributed by atoms with Crippen molar-refractivity contribution in [1.29, 1.82) is 0 Å². The van der Waals surface area contributed by atoms with Crippen molar-refractivity contribution in [2.45, 2.75) is 64.8 Å². The molecule has 1 fully saturated rings. The van der Waals surface area contributed by atoms with Crippen molar-refractivity contribution < 1.29 is 4.79 Å². The summed E-state index contributed by atoms with van der Waals surface area (Å²) in [4.78, 5) is 17.6. The molecule has 4 heteroatoms. The Morgan fingerprint density at radius 2 is 1.96 bits per heavy atom. The summed E-state index contributed by atoms with van der Waals surface area (Å²) in [5.74, 6) is 1.19. The minimum absolute atomic E-state index is 0.00786. The average Bonchev–Trinajstić information content (AvgIpc) is 2.65. The molecule has 3 unspecified atom stereocenters. The van der Waals surface area contributed by atoms with E-state index < -0.39 is 0 Å². The molecule has 2 aliphatic rings. The summed E-state index contributed by atoms with van der Waals surface area (Å²) < 4.78 is 0. The maximum Gasteiger partial charge on any atom is 0.251 e. The number of aryl methyl sites for hydroxylation is 1. The molecular formula is C22H27ClN2O. The van der Waals surface area contributed by atoms with Crippen LogP contribution in [0.5, 0.6) is 0 Å². The van der Waals surface area contributed by atoms with Crippen LogP contribution in [0, 0.1) is 11.8 Å². The molecule has 26 heavy (non-hydrogen) atoms. The first-order valence-electron chi connectivity index (χ1n) is 9.96. The van der Waals surface area contributed by atoms with Crippen molar-refractivity contribution in [2.24, 2.45) is 11.8 Å². The summed E-state index contributed by atoms with van der Waals surface area (Å²) in [5.41, 5.74) is 3.84. The van der Waals surface area contributed by atoms with Crippen LogP contribution in [-0.4, -0.2) is 16.9 Å². The van der Waals surface area contributed by atoms with Gasteiger partial charge in [-0.25, -0.2) is 0 Å². The molecule has 0 saturated heterocycles. The van der Waals surface area contributed by atoms with Crippen molar-refractivity contribution in [2.75, 3.05) is 0 Å². The van der Waals surface area contributed by atoms with Gasteiger partial charge in [0.05, 0.1) is 10.5 Å². The van der Waals surface area contributed by atoms with Gasteiger partial charge >= 0.3 is 0 Å².